The lowest BCUT2D eigenvalue weighted by Crippen LogP contribution is -2.43. The molecule has 0 N–H and O–H groups in total. The maximum absolute atomic E-state index is 12.3. The zero-order chi connectivity index (χ0) is 13.5. The number of carbonyl (C=O) groups excluding carboxylic acids is 1. The number of rotatable bonds is 6. The molecule has 100 valence electrons. The smallest absolute Gasteiger partial charge is 0.247 e. The highest BCUT2D eigenvalue weighted by Gasteiger charge is 2.21. The van der Waals surface area contributed by atoms with E-state index in [9.17, 15) is 4.79 Å². The van der Waals surface area contributed by atoms with Crippen molar-refractivity contribution in [3.8, 4) is 0 Å². The van der Waals surface area contributed by atoms with Gasteiger partial charge in [-0.1, -0.05) is 19.9 Å². The van der Waals surface area contributed by atoms with Crippen LogP contribution >= 0.6 is 11.3 Å². The van der Waals surface area contributed by atoms with Crippen LogP contribution in [0.5, 0.6) is 0 Å². The van der Waals surface area contributed by atoms with Gasteiger partial charge in [-0.2, -0.15) is 0 Å². The molecule has 0 aromatic carbocycles. The lowest BCUT2D eigenvalue weighted by molar-refractivity contribution is -0.130. The van der Waals surface area contributed by atoms with Gasteiger partial charge in [0.1, 0.15) is 0 Å². The predicted octanol–water partition coefficient (Wildman–Crippen LogP) is 4.19. The fraction of sp³-hybridized carbons (Fsp3) is 0.533. The molecule has 1 rings (SSSR count). The van der Waals surface area contributed by atoms with E-state index in [-0.39, 0.29) is 5.91 Å². The Labute approximate surface area is 114 Å². The van der Waals surface area contributed by atoms with E-state index in [2.05, 4.69) is 27.7 Å². The van der Waals surface area contributed by atoms with Crippen molar-refractivity contribution in [1.82, 2.24) is 4.90 Å². The van der Waals surface area contributed by atoms with Gasteiger partial charge in [-0.25, -0.2) is 0 Å². The second kappa shape index (κ2) is 7.37. The van der Waals surface area contributed by atoms with Crippen LogP contribution in [0, 0.1) is 0 Å². The first-order valence-electron chi connectivity index (χ1n) is 6.64. The van der Waals surface area contributed by atoms with Crippen LogP contribution in [0.25, 0.3) is 6.08 Å². The van der Waals surface area contributed by atoms with E-state index < -0.39 is 0 Å². The van der Waals surface area contributed by atoms with E-state index in [1.165, 1.54) is 0 Å². The molecule has 0 aliphatic rings. The van der Waals surface area contributed by atoms with Gasteiger partial charge in [0.25, 0.3) is 0 Å². The van der Waals surface area contributed by atoms with Crippen molar-refractivity contribution in [1.29, 1.82) is 0 Å². The third-order valence-electron chi connectivity index (χ3n) is 3.32. The first-order valence-corrected chi connectivity index (χ1v) is 7.52. The average molecular weight is 265 g/mol. The first-order chi connectivity index (χ1) is 8.60. The third-order valence-corrected chi connectivity index (χ3v) is 4.16. The lowest BCUT2D eigenvalue weighted by atomic mass is 10.1. The van der Waals surface area contributed by atoms with Gasteiger partial charge in [-0.05, 0) is 44.2 Å². The Bertz CT molecular complexity index is 373. The topological polar surface area (TPSA) is 20.3 Å². The molecule has 1 heterocycles. The molecule has 3 heteroatoms. The Morgan fingerprint density at radius 3 is 2.39 bits per heavy atom. The van der Waals surface area contributed by atoms with Crippen molar-refractivity contribution >= 4 is 23.3 Å². The van der Waals surface area contributed by atoms with Crippen LogP contribution in [0.3, 0.4) is 0 Å². The molecular formula is C15H23NOS. The summed E-state index contributed by atoms with van der Waals surface area (Å²) in [6.07, 6.45) is 5.58. The van der Waals surface area contributed by atoms with Gasteiger partial charge in [0.2, 0.25) is 5.91 Å². The monoisotopic (exact) mass is 265 g/mol. The number of nitrogens with zero attached hydrogens (tertiary/aromatic N) is 1. The van der Waals surface area contributed by atoms with Crippen LogP contribution < -0.4 is 0 Å². The standard InChI is InChI=1S/C15H23NOS/c1-5-12(3)16(13(4)6-2)15(17)10-9-14-8-7-11-18-14/h7-13H,5-6H2,1-4H3/b10-9+/t12-,13+. The highest BCUT2D eigenvalue weighted by Crippen LogP contribution is 2.15. The van der Waals surface area contributed by atoms with Gasteiger partial charge >= 0.3 is 0 Å². The summed E-state index contributed by atoms with van der Waals surface area (Å²) in [5, 5.41) is 2.02. The van der Waals surface area contributed by atoms with E-state index in [4.69, 9.17) is 0 Å². The van der Waals surface area contributed by atoms with Crippen molar-refractivity contribution in [2.75, 3.05) is 0 Å². The molecule has 1 amide bonds. The molecule has 0 spiro atoms. The minimum atomic E-state index is 0.118. The van der Waals surface area contributed by atoms with Crippen molar-refractivity contribution in [3.05, 3.63) is 28.5 Å². The normalized spacial score (nSPS) is 14.7. The minimum absolute atomic E-state index is 0.118. The van der Waals surface area contributed by atoms with E-state index in [0.29, 0.717) is 12.1 Å². The quantitative estimate of drug-likeness (QED) is 0.706. The molecule has 0 aliphatic carbocycles. The van der Waals surface area contributed by atoms with Gasteiger partial charge in [-0.3, -0.25) is 4.79 Å². The molecule has 0 saturated heterocycles. The Hall–Kier alpha value is -1.09. The van der Waals surface area contributed by atoms with Crippen molar-refractivity contribution in [3.63, 3.8) is 0 Å². The van der Waals surface area contributed by atoms with Crippen LogP contribution in [0.1, 0.15) is 45.4 Å². The molecule has 18 heavy (non-hydrogen) atoms. The number of hydrogen-bond acceptors (Lipinski definition) is 2. The number of hydrogen-bond donors (Lipinski definition) is 0. The third kappa shape index (κ3) is 3.98. The number of amides is 1. The highest BCUT2D eigenvalue weighted by atomic mass is 32.1. The van der Waals surface area contributed by atoms with Gasteiger partial charge < -0.3 is 4.90 Å². The van der Waals surface area contributed by atoms with E-state index in [1.54, 1.807) is 17.4 Å². The summed E-state index contributed by atoms with van der Waals surface area (Å²) < 4.78 is 0. The van der Waals surface area contributed by atoms with Gasteiger partial charge in [-0.15, -0.1) is 11.3 Å². The zero-order valence-corrected chi connectivity index (χ0v) is 12.5. The van der Waals surface area contributed by atoms with Crippen molar-refractivity contribution < 1.29 is 4.79 Å². The SMILES string of the molecule is CC[C@@H](C)N(C(=O)/C=C/c1cccs1)[C@@H](C)CC. The van der Waals surface area contributed by atoms with Crippen LogP contribution in [0.15, 0.2) is 23.6 Å². The molecule has 2 nitrogen and oxygen atoms in total. The molecule has 1 aromatic heterocycles. The second-order valence-corrected chi connectivity index (χ2v) is 5.59. The Morgan fingerprint density at radius 1 is 1.33 bits per heavy atom. The van der Waals surface area contributed by atoms with E-state index in [0.717, 1.165) is 17.7 Å². The average Bonchev–Trinajstić information content (AvgIpc) is 2.89. The Morgan fingerprint density at radius 2 is 1.94 bits per heavy atom. The summed E-state index contributed by atoms with van der Waals surface area (Å²) in [4.78, 5) is 15.4. The van der Waals surface area contributed by atoms with Crippen LogP contribution in [0.4, 0.5) is 0 Å². The summed E-state index contributed by atoms with van der Waals surface area (Å²) in [5.41, 5.74) is 0. The molecule has 0 fully saturated rings. The molecule has 0 unspecified atom stereocenters. The first kappa shape index (κ1) is 15.0. The maximum atomic E-state index is 12.3. The lowest BCUT2D eigenvalue weighted by Gasteiger charge is -2.33. The predicted molar refractivity (Wildman–Crippen MR) is 79.7 cm³/mol. The Kier molecular flexibility index (Phi) is 6.13. The largest absolute Gasteiger partial charge is 0.334 e. The van der Waals surface area contributed by atoms with E-state index >= 15 is 0 Å². The molecule has 0 radical (unpaired) electrons. The summed E-state index contributed by atoms with van der Waals surface area (Å²) in [6.45, 7) is 8.47. The second-order valence-electron chi connectivity index (χ2n) is 4.61. The molecule has 2 atom stereocenters. The van der Waals surface area contributed by atoms with Crippen molar-refractivity contribution in [2.24, 2.45) is 0 Å². The van der Waals surface area contributed by atoms with Crippen LogP contribution in [-0.4, -0.2) is 22.9 Å². The summed E-state index contributed by atoms with van der Waals surface area (Å²) in [6, 6.07) is 4.60. The maximum Gasteiger partial charge on any atom is 0.247 e. The van der Waals surface area contributed by atoms with Gasteiger partial charge in [0.05, 0.1) is 0 Å². The van der Waals surface area contributed by atoms with Gasteiger partial charge in [0, 0.05) is 23.0 Å². The minimum Gasteiger partial charge on any atom is -0.334 e. The summed E-state index contributed by atoms with van der Waals surface area (Å²) in [7, 11) is 0. The zero-order valence-electron chi connectivity index (χ0n) is 11.7. The van der Waals surface area contributed by atoms with E-state index in [1.807, 2.05) is 28.5 Å². The molecular weight excluding hydrogens is 242 g/mol. The Balaban J connectivity index is 2.76. The van der Waals surface area contributed by atoms with Crippen molar-refractivity contribution in [2.45, 2.75) is 52.6 Å². The van der Waals surface area contributed by atoms with Crippen LogP contribution in [0.2, 0.25) is 0 Å². The highest BCUT2D eigenvalue weighted by molar-refractivity contribution is 7.10. The number of thiophene rings is 1. The van der Waals surface area contributed by atoms with Crippen LogP contribution in [-0.2, 0) is 4.79 Å². The summed E-state index contributed by atoms with van der Waals surface area (Å²) >= 11 is 1.65. The summed E-state index contributed by atoms with van der Waals surface area (Å²) in [5.74, 6) is 0.118. The molecule has 0 saturated carbocycles. The fourth-order valence-corrected chi connectivity index (χ4v) is 2.51. The number of carbonyl (C=O) groups is 1. The molecule has 0 bridgehead atoms. The van der Waals surface area contributed by atoms with Gasteiger partial charge in [0.15, 0.2) is 0 Å². The fourth-order valence-electron chi connectivity index (χ4n) is 1.89. The molecule has 0 aliphatic heterocycles. The molecule has 1 aromatic rings.